The van der Waals surface area contributed by atoms with Crippen LogP contribution in [0.4, 0.5) is 5.69 Å². The van der Waals surface area contributed by atoms with E-state index in [1.54, 1.807) is 0 Å². The van der Waals surface area contributed by atoms with Crippen LogP contribution in [0.5, 0.6) is 0 Å². The highest BCUT2D eigenvalue weighted by Crippen LogP contribution is 2.22. The molecule has 1 saturated heterocycles. The summed E-state index contributed by atoms with van der Waals surface area (Å²) in [5, 5.41) is 0.357. The average Bonchev–Trinajstić information content (AvgIpc) is 2.48. The van der Waals surface area contributed by atoms with Crippen LogP contribution in [0.25, 0.3) is 0 Å². The van der Waals surface area contributed by atoms with Crippen molar-refractivity contribution in [1.82, 2.24) is 9.62 Å². The molecule has 7 heteroatoms. The summed E-state index contributed by atoms with van der Waals surface area (Å²) >= 11 is 5.81. The topological polar surface area (TPSA) is 75.4 Å². The number of piperidine rings is 1. The molecule has 0 bridgehead atoms. The summed E-state index contributed by atoms with van der Waals surface area (Å²) in [6, 6.07) is 4.53. The van der Waals surface area contributed by atoms with E-state index in [1.807, 2.05) is 6.92 Å². The van der Waals surface area contributed by atoms with Gasteiger partial charge in [-0.25, -0.2) is 13.1 Å². The van der Waals surface area contributed by atoms with E-state index in [9.17, 15) is 8.42 Å². The van der Waals surface area contributed by atoms with E-state index >= 15 is 0 Å². The normalized spacial score (nSPS) is 18.6. The number of hydrogen-bond acceptors (Lipinski definition) is 4. The summed E-state index contributed by atoms with van der Waals surface area (Å²) in [5.74, 6) is 0. The van der Waals surface area contributed by atoms with Crippen LogP contribution in [0.2, 0.25) is 5.02 Å². The van der Waals surface area contributed by atoms with Gasteiger partial charge in [0.15, 0.2) is 0 Å². The number of anilines is 1. The quantitative estimate of drug-likeness (QED) is 0.810. The first-order valence-corrected chi connectivity index (χ1v) is 9.05. The molecule has 1 unspecified atom stereocenters. The molecule has 1 aliphatic rings. The molecule has 5 nitrogen and oxygen atoms in total. The van der Waals surface area contributed by atoms with E-state index in [0.717, 1.165) is 13.1 Å². The first kappa shape index (κ1) is 16.5. The number of halogens is 1. The smallest absolute Gasteiger partial charge is 0.240 e. The molecule has 0 amide bonds. The average molecular weight is 332 g/mol. The number of benzene rings is 1. The molecule has 1 aromatic carbocycles. The monoisotopic (exact) mass is 331 g/mol. The van der Waals surface area contributed by atoms with Gasteiger partial charge in [-0.15, -0.1) is 0 Å². The lowest BCUT2D eigenvalue weighted by Crippen LogP contribution is -2.44. The number of nitrogens with zero attached hydrogens (tertiary/aromatic N) is 1. The van der Waals surface area contributed by atoms with Gasteiger partial charge in [0.2, 0.25) is 10.0 Å². The van der Waals surface area contributed by atoms with Gasteiger partial charge in [0, 0.05) is 12.6 Å². The first-order valence-electron chi connectivity index (χ1n) is 7.19. The Balaban J connectivity index is 1.98. The van der Waals surface area contributed by atoms with Gasteiger partial charge >= 0.3 is 0 Å². The fourth-order valence-electron chi connectivity index (χ4n) is 2.49. The molecule has 1 fully saturated rings. The van der Waals surface area contributed by atoms with Crippen LogP contribution in [-0.4, -0.2) is 39.0 Å². The maximum Gasteiger partial charge on any atom is 0.240 e. The Morgan fingerprint density at radius 1 is 1.33 bits per heavy atom. The lowest BCUT2D eigenvalue weighted by atomic mass is 10.1. The molecule has 1 aliphatic heterocycles. The van der Waals surface area contributed by atoms with Crippen LogP contribution in [0.15, 0.2) is 23.1 Å². The van der Waals surface area contributed by atoms with Crippen molar-refractivity contribution in [2.75, 3.05) is 25.4 Å². The van der Waals surface area contributed by atoms with Gasteiger partial charge in [0.25, 0.3) is 0 Å². The van der Waals surface area contributed by atoms with Gasteiger partial charge in [-0.3, -0.25) is 4.90 Å². The van der Waals surface area contributed by atoms with E-state index in [4.69, 9.17) is 17.3 Å². The molecule has 118 valence electrons. The highest BCUT2D eigenvalue weighted by Gasteiger charge is 2.20. The zero-order valence-electron chi connectivity index (χ0n) is 12.2. The number of rotatable bonds is 5. The molecule has 21 heavy (non-hydrogen) atoms. The summed E-state index contributed by atoms with van der Waals surface area (Å²) in [4.78, 5) is 2.47. The maximum absolute atomic E-state index is 12.3. The molecular weight excluding hydrogens is 310 g/mol. The third-order valence-electron chi connectivity index (χ3n) is 3.86. The van der Waals surface area contributed by atoms with Gasteiger partial charge in [-0.1, -0.05) is 18.0 Å². The minimum absolute atomic E-state index is 0.148. The van der Waals surface area contributed by atoms with Crippen LogP contribution in [0.1, 0.15) is 26.2 Å². The SMILES string of the molecule is CC(CNS(=O)(=O)c1ccc(Cl)c(N)c1)N1CCCCC1. The van der Waals surface area contributed by atoms with E-state index in [0.29, 0.717) is 11.6 Å². The fourth-order valence-corrected chi connectivity index (χ4v) is 3.77. The zero-order chi connectivity index (χ0) is 15.5. The lowest BCUT2D eigenvalue weighted by molar-refractivity contribution is 0.175. The molecule has 1 heterocycles. The van der Waals surface area contributed by atoms with Crippen molar-refractivity contribution in [3.8, 4) is 0 Å². The summed E-state index contributed by atoms with van der Waals surface area (Å²) < 4.78 is 27.2. The predicted octanol–water partition coefficient (Wildman–Crippen LogP) is 2.07. The molecule has 0 aromatic heterocycles. The van der Waals surface area contributed by atoms with Crippen molar-refractivity contribution >= 4 is 27.3 Å². The van der Waals surface area contributed by atoms with Gasteiger partial charge in [-0.05, 0) is 51.1 Å². The van der Waals surface area contributed by atoms with E-state index in [1.165, 1.54) is 37.5 Å². The maximum atomic E-state index is 12.3. The third-order valence-corrected chi connectivity index (χ3v) is 5.63. The Kier molecular flexibility index (Phi) is 5.48. The zero-order valence-corrected chi connectivity index (χ0v) is 13.8. The summed E-state index contributed by atoms with van der Waals surface area (Å²) in [6.07, 6.45) is 3.63. The molecule has 0 radical (unpaired) electrons. The van der Waals surface area contributed by atoms with Crippen molar-refractivity contribution in [1.29, 1.82) is 0 Å². The number of nitrogens with two attached hydrogens (primary N) is 1. The Morgan fingerprint density at radius 3 is 2.62 bits per heavy atom. The van der Waals surface area contributed by atoms with E-state index < -0.39 is 10.0 Å². The third kappa shape index (κ3) is 4.32. The fraction of sp³-hybridized carbons (Fsp3) is 0.571. The Morgan fingerprint density at radius 2 is 2.00 bits per heavy atom. The van der Waals surface area contributed by atoms with Crippen molar-refractivity contribution < 1.29 is 8.42 Å². The molecule has 1 atom stereocenters. The standard InChI is InChI=1S/C14H22ClN3O2S/c1-11(18-7-3-2-4-8-18)10-17-21(19,20)12-5-6-13(15)14(16)9-12/h5-6,9,11,17H,2-4,7-8,10,16H2,1H3. The highest BCUT2D eigenvalue weighted by molar-refractivity contribution is 7.89. The van der Waals surface area contributed by atoms with E-state index in [-0.39, 0.29) is 16.6 Å². The summed E-state index contributed by atoms with van der Waals surface area (Å²) in [7, 11) is -3.55. The Bertz CT molecular complexity index is 586. The molecule has 0 saturated carbocycles. The van der Waals surface area contributed by atoms with Gasteiger partial charge in [-0.2, -0.15) is 0 Å². The Labute approximate surface area is 131 Å². The van der Waals surface area contributed by atoms with Crippen molar-refractivity contribution in [2.24, 2.45) is 0 Å². The molecule has 1 aromatic rings. The lowest BCUT2D eigenvalue weighted by Gasteiger charge is -2.32. The first-order chi connectivity index (χ1) is 9.90. The van der Waals surface area contributed by atoms with Crippen LogP contribution in [0.3, 0.4) is 0 Å². The highest BCUT2D eigenvalue weighted by atomic mass is 35.5. The van der Waals surface area contributed by atoms with Gasteiger partial charge in [0.1, 0.15) is 0 Å². The Hall–Kier alpha value is -0.820. The number of nitrogens with one attached hydrogen (secondary N) is 1. The van der Waals surface area contributed by atoms with E-state index in [2.05, 4.69) is 9.62 Å². The van der Waals surface area contributed by atoms with Crippen LogP contribution in [-0.2, 0) is 10.0 Å². The van der Waals surface area contributed by atoms with Crippen LogP contribution in [0, 0.1) is 0 Å². The second-order valence-electron chi connectivity index (χ2n) is 5.48. The minimum atomic E-state index is -3.55. The molecule has 0 spiro atoms. The second-order valence-corrected chi connectivity index (χ2v) is 7.66. The van der Waals surface area contributed by atoms with Crippen LogP contribution >= 0.6 is 11.6 Å². The minimum Gasteiger partial charge on any atom is -0.397 e. The number of nitrogen functional groups attached to an aromatic ring is 1. The molecule has 2 rings (SSSR count). The van der Waals surface area contributed by atoms with Crippen molar-refractivity contribution in [2.45, 2.75) is 37.1 Å². The van der Waals surface area contributed by atoms with Crippen LogP contribution < -0.4 is 10.5 Å². The van der Waals surface area contributed by atoms with Gasteiger partial charge < -0.3 is 5.73 Å². The predicted molar refractivity (Wildman–Crippen MR) is 85.9 cm³/mol. The second kappa shape index (κ2) is 6.96. The number of hydrogen-bond donors (Lipinski definition) is 2. The number of sulfonamides is 1. The number of likely N-dealkylation sites (tertiary alicyclic amines) is 1. The summed E-state index contributed by atoms with van der Waals surface area (Å²) in [5.41, 5.74) is 5.93. The van der Waals surface area contributed by atoms with Crippen molar-refractivity contribution in [3.05, 3.63) is 23.2 Å². The molecule has 0 aliphatic carbocycles. The summed E-state index contributed by atoms with van der Waals surface area (Å²) in [6.45, 7) is 4.52. The largest absolute Gasteiger partial charge is 0.397 e. The van der Waals surface area contributed by atoms with Crippen molar-refractivity contribution in [3.63, 3.8) is 0 Å². The van der Waals surface area contributed by atoms with Gasteiger partial charge in [0.05, 0.1) is 15.6 Å². The molecular formula is C14H22ClN3O2S. The molecule has 3 N–H and O–H groups in total.